The van der Waals surface area contributed by atoms with Gasteiger partial charge >= 0.3 is 0 Å². The third-order valence-electron chi connectivity index (χ3n) is 5.52. The Hall–Kier alpha value is -2.47. The lowest BCUT2D eigenvalue weighted by Crippen LogP contribution is -2.37. The molecule has 0 aliphatic carbocycles. The molecule has 1 aromatic carbocycles. The first-order valence-corrected chi connectivity index (χ1v) is 10.4. The molecule has 6 nitrogen and oxygen atoms in total. The van der Waals surface area contributed by atoms with Crippen molar-refractivity contribution in [1.29, 1.82) is 0 Å². The van der Waals surface area contributed by atoms with E-state index in [1.807, 2.05) is 18.2 Å². The number of aromatic nitrogens is 2. The predicted molar refractivity (Wildman–Crippen MR) is 116 cm³/mol. The maximum atomic E-state index is 12.2. The van der Waals surface area contributed by atoms with Crippen molar-refractivity contribution >= 4 is 5.91 Å². The number of nitrogens with zero attached hydrogens (tertiary/aromatic N) is 2. The minimum absolute atomic E-state index is 0.0420. The van der Waals surface area contributed by atoms with Crippen LogP contribution in [0, 0.1) is 5.92 Å². The van der Waals surface area contributed by atoms with Gasteiger partial charge in [0.05, 0.1) is 5.69 Å². The van der Waals surface area contributed by atoms with Crippen LogP contribution in [0.3, 0.4) is 0 Å². The largest absolute Gasteiger partial charge is 0.356 e. The van der Waals surface area contributed by atoms with Gasteiger partial charge in [0.1, 0.15) is 5.82 Å². The first-order chi connectivity index (χ1) is 13.7. The Morgan fingerprint density at radius 1 is 1.24 bits per heavy atom. The van der Waals surface area contributed by atoms with Crippen molar-refractivity contribution in [2.75, 3.05) is 19.6 Å². The fourth-order valence-corrected chi connectivity index (χ4v) is 3.74. The lowest BCUT2D eigenvalue weighted by Gasteiger charge is -2.32. The zero-order valence-corrected chi connectivity index (χ0v) is 17.9. The van der Waals surface area contributed by atoms with Crippen molar-refractivity contribution in [3.05, 3.63) is 51.9 Å². The van der Waals surface area contributed by atoms with Gasteiger partial charge < -0.3 is 10.3 Å². The van der Waals surface area contributed by atoms with Gasteiger partial charge in [-0.15, -0.1) is 0 Å². The molecular formula is C23H32N4O2. The molecule has 6 heteroatoms. The van der Waals surface area contributed by atoms with Gasteiger partial charge in [0.15, 0.2) is 0 Å². The number of H-pyrrole nitrogens is 1. The fourth-order valence-electron chi connectivity index (χ4n) is 3.74. The van der Waals surface area contributed by atoms with Gasteiger partial charge in [0, 0.05) is 37.1 Å². The molecule has 2 aromatic rings. The topological polar surface area (TPSA) is 78.1 Å². The smallest absolute Gasteiger partial charge is 0.251 e. The van der Waals surface area contributed by atoms with Crippen LogP contribution in [0.2, 0.25) is 0 Å². The van der Waals surface area contributed by atoms with Crippen LogP contribution in [0.5, 0.6) is 0 Å². The van der Waals surface area contributed by atoms with Crippen molar-refractivity contribution in [2.24, 2.45) is 5.92 Å². The van der Waals surface area contributed by atoms with Gasteiger partial charge in [0.25, 0.3) is 5.56 Å². The molecule has 2 N–H and O–H groups in total. The molecule has 1 fully saturated rings. The molecule has 3 rings (SSSR count). The Bertz CT molecular complexity index is 906. The highest BCUT2D eigenvalue weighted by atomic mass is 16.1. The molecule has 0 atom stereocenters. The molecule has 156 valence electrons. The van der Waals surface area contributed by atoms with Crippen LogP contribution < -0.4 is 10.9 Å². The molecule has 1 aliphatic heterocycles. The molecule has 1 aliphatic rings. The molecule has 1 saturated heterocycles. The van der Waals surface area contributed by atoms with Gasteiger partial charge in [-0.2, -0.15) is 0 Å². The third-order valence-corrected chi connectivity index (χ3v) is 5.52. The first-order valence-electron chi connectivity index (χ1n) is 10.4. The number of hydrogen-bond acceptors (Lipinski definition) is 4. The SMILES string of the molecule is CC(=O)NCC1CCN(Cc2ccccc2-c2nc(C(C)(C)C)cc(=O)[nH]2)CC1. The molecule has 29 heavy (non-hydrogen) atoms. The van der Waals surface area contributed by atoms with E-state index in [1.54, 1.807) is 13.0 Å². The summed E-state index contributed by atoms with van der Waals surface area (Å²) in [5.41, 5.74) is 2.64. The summed E-state index contributed by atoms with van der Waals surface area (Å²) in [5.74, 6) is 1.23. The minimum atomic E-state index is -0.187. The summed E-state index contributed by atoms with van der Waals surface area (Å²) >= 11 is 0. The Kier molecular flexibility index (Phi) is 6.52. The number of benzene rings is 1. The lowest BCUT2D eigenvalue weighted by atomic mass is 9.92. The molecule has 0 unspecified atom stereocenters. The molecule has 1 aromatic heterocycles. The summed E-state index contributed by atoms with van der Waals surface area (Å²) in [7, 11) is 0. The number of carbonyl (C=O) groups excluding carboxylic acids is 1. The predicted octanol–water partition coefficient (Wildman–Crippen LogP) is 3.08. The van der Waals surface area contributed by atoms with Gasteiger partial charge in [-0.25, -0.2) is 4.98 Å². The fraction of sp³-hybridized carbons (Fsp3) is 0.522. The zero-order chi connectivity index (χ0) is 21.0. The van der Waals surface area contributed by atoms with Crippen molar-refractivity contribution in [3.63, 3.8) is 0 Å². The Balaban J connectivity index is 1.75. The molecule has 2 heterocycles. The van der Waals surface area contributed by atoms with Crippen molar-refractivity contribution in [1.82, 2.24) is 20.2 Å². The van der Waals surface area contributed by atoms with Crippen LogP contribution in [-0.2, 0) is 16.8 Å². The number of hydrogen-bond donors (Lipinski definition) is 2. The second kappa shape index (κ2) is 8.91. The minimum Gasteiger partial charge on any atom is -0.356 e. The summed E-state index contributed by atoms with van der Waals surface area (Å²) in [6.45, 7) is 11.4. The lowest BCUT2D eigenvalue weighted by molar-refractivity contribution is -0.119. The van der Waals surface area contributed by atoms with Crippen molar-refractivity contribution < 1.29 is 4.79 Å². The second-order valence-corrected chi connectivity index (χ2v) is 9.04. The first kappa shape index (κ1) is 21.2. The van der Waals surface area contributed by atoms with E-state index in [4.69, 9.17) is 4.98 Å². The number of nitrogens with one attached hydrogen (secondary N) is 2. The number of piperidine rings is 1. The molecule has 0 bridgehead atoms. The Labute approximate surface area is 172 Å². The number of rotatable bonds is 5. The maximum Gasteiger partial charge on any atom is 0.251 e. The average Bonchev–Trinajstić information content (AvgIpc) is 2.66. The molecule has 0 radical (unpaired) electrons. The standard InChI is InChI=1S/C23H32N4O2/c1-16(28)24-14-17-9-11-27(12-10-17)15-18-7-5-6-8-19(18)22-25-20(23(2,3)4)13-21(29)26-22/h5-8,13,17H,9-12,14-15H2,1-4H3,(H,24,28)(H,25,26,29). The Morgan fingerprint density at radius 3 is 2.59 bits per heavy atom. The average molecular weight is 397 g/mol. The van der Waals surface area contributed by atoms with E-state index in [1.165, 1.54) is 5.56 Å². The van der Waals surface area contributed by atoms with Gasteiger partial charge in [-0.1, -0.05) is 45.0 Å². The van der Waals surface area contributed by atoms with Crippen molar-refractivity contribution in [3.8, 4) is 11.4 Å². The van der Waals surface area contributed by atoms with Crippen molar-refractivity contribution in [2.45, 2.75) is 52.5 Å². The second-order valence-electron chi connectivity index (χ2n) is 9.04. The van der Waals surface area contributed by atoms with E-state index in [9.17, 15) is 9.59 Å². The summed E-state index contributed by atoms with van der Waals surface area (Å²) in [4.78, 5) is 33.5. The number of amides is 1. The molecule has 0 saturated carbocycles. The van der Waals surface area contributed by atoms with Crippen LogP contribution in [0.1, 0.15) is 51.8 Å². The normalized spacial score (nSPS) is 16.0. The quantitative estimate of drug-likeness (QED) is 0.814. The summed E-state index contributed by atoms with van der Waals surface area (Å²) < 4.78 is 0. The van der Waals surface area contributed by atoms with E-state index in [2.05, 4.69) is 42.0 Å². The van der Waals surface area contributed by atoms with E-state index >= 15 is 0 Å². The summed E-state index contributed by atoms with van der Waals surface area (Å²) in [6.07, 6.45) is 2.16. The van der Waals surface area contributed by atoms with Crippen LogP contribution in [0.4, 0.5) is 0 Å². The molecule has 0 spiro atoms. The zero-order valence-electron chi connectivity index (χ0n) is 17.9. The van der Waals surface area contributed by atoms with Crippen LogP contribution in [0.25, 0.3) is 11.4 Å². The number of aromatic amines is 1. The van der Waals surface area contributed by atoms with E-state index < -0.39 is 0 Å². The van der Waals surface area contributed by atoms with Crippen LogP contribution in [-0.4, -0.2) is 40.4 Å². The molecule has 1 amide bonds. The Morgan fingerprint density at radius 2 is 1.93 bits per heavy atom. The number of carbonyl (C=O) groups is 1. The van der Waals surface area contributed by atoms with E-state index in [-0.39, 0.29) is 16.9 Å². The highest BCUT2D eigenvalue weighted by Crippen LogP contribution is 2.26. The highest BCUT2D eigenvalue weighted by molar-refractivity contribution is 5.72. The van der Waals surface area contributed by atoms with Crippen LogP contribution in [0.15, 0.2) is 35.1 Å². The summed E-state index contributed by atoms with van der Waals surface area (Å²) in [5, 5.41) is 2.93. The van der Waals surface area contributed by atoms with E-state index in [0.29, 0.717) is 11.7 Å². The van der Waals surface area contributed by atoms with Gasteiger partial charge in [-0.3, -0.25) is 14.5 Å². The maximum absolute atomic E-state index is 12.2. The summed E-state index contributed by atoms with van der Waals surface area (Å²) in [6, 6.07) is 9.76. The van der Waals surface area contributed by atoms with Crippen LogP contribution >= 0.6 is 0 Å². The molecular weight excluding hydrogens is 364 g/mol. The number of likely N-dealkylation sites (tertiary alicyclic amines) is 1. The monoisotopic (exact) mass is 396 g/mol. The van der Waals surface area contributed by atoms with E-state index in [0.717, 1.165) is 50.3 Å². The van der Waals surface area contributed by atoms with Gasteiger partial charge in [-0.05, 0) is 37.4 Å². The van der Waals surface area contributed by atoms with Gasteiger partial charge in [0.2, 0.25) is 5.91 Å². The highest BCUT2D eigenvalue weighted by Gasteiger charge is 2.22. The third kappa shape index (κ3) is 5.76.